The van der Waals surface area contributed by atoms with E-state index in [0.717, 1.165) is 17.8 Å². The Balaban J connectivity index is 2.02. The van der Waals surface area contributed by atoms with Crippen molar-refractivity contribution in [3.05, 3.63) is 83.9 Å². The monoisotopic (exact) mass is 277 g/mol. The molecule has 3 rings (SSSR count). The quantitative estimate of drug-likeness (QED) is 0.793. The molecule has 0 unspecified atom stereocenters. The van der Waals surface area contributed by atoms with E-state index in [9.17, 15) is 0 Å². The van der Waals surface area contributed by atoms with Gasteiger partial charge < -0.3 is 10.3 Å². The number of hydrogen-bond donors (Lipinski definition) is 1. The molecule has 0 fully saturated rings. The Morgan fingerprint density at radius 3 is 2.52 bits per heavy atom. The van der Waals surface area contributed by atoms with Crippen LogP contribution >= 0.6 is 0 Å². The zero-order valence-corrected chi connectivity index (χ0v) is 12.1. The molecule has 2 aromatic carbocycles. The van der Waals surface area contributed by atoms with Crippen LogP contribution in [0, 0.1) is 0 Å². The topological polar surface area (TPSA) is 43.8 Å². The number of imidazole rings is 1. The Bertz CT molecular complexity index is 714. The van der Waals surface area contributed by atoms with Crippen LogP contribution in [0.15, 0.2) is 67.1 Å². The first-order valence-corrected chi connectivity index (χ1v) is 7.15. The lowest BCUT2D eigenvalue weighted by Crippen LogP contribution is -2.11. The first-order chi connectivity index (χ1) is 10.3. The second-order valence-corrected chi connectivity index (χ2v) is 5.27. The zero-order valence-electron chi connectivity index (χ0n) is 12.1. The van der Waals surface area contributed by atoms with Crippen molar-refractivity contribution < 1.29 is 0 Å². The van der Waals surface area contributed by atoms with Crippen molar-refractivity contribution in [2.75, 3.05) is 0 Å². The maximum absolute atomic E-state index is 6.04. The van der Waals surface area contributed by atoms with Crippen molar-refractivity contribution >= 4 is 0 Å². The van der Waals surface area contributed by atoms with Gasteiger partial charge in [0.25, 0.3) is 0 Å². The van der Waals surface area contributed by atoms with Gasteiger partial charge in [-0.1, -0.05) is 48.5 Å². The molecule has 0 amide bonds. The molecule has 0 bridgehead atoms. The van der Waals surface area contributed by atoms with E-state index >= 15 is 0 Å². The summed E-state index contributed by atoms with van der Waals surface area (Å²) in [5.41, 5.74) is 10.8. The van der Waals surface area contributed by atoms with E-state index in [1.165, 1.54) is 11.1 Å². The third kappa shape index (κ3) is 2.88. The van der Waals surface area contributed by atoms with E-state index in [2.05, 4.69) is 58.1 Å². The van der Waals surface area contributed by atoms with Crippen LogP contribution in [0.5, 0.6) is 0 Å². The van der Waals surface area contributed by atoms with Crippen LogP contribution in [0.4, 0.5) is 0 Å². The molecule has 0 spiro atoms. The van der Waals surface area contributed by atoms with E-state index in [1.807, 2.05) is 25.5 Å². The summed E-state index contributed by atoms with van der Waals surface area (Å²) in [6, 6.07) is 18.8. The van der Waals surface area contributed by atoms with Crippen LogP contribution in [-0.2, 0) is 6.42 Å². The lowest BCUT2D eigenvalue weighted by atomic mass is 10.0. The Kier molecular flexibility index (Phi) is 3.84. The highest BCUT2D eigenvalue weighted by molar-refractivity contribution is 5.45. The van der Waals surface area contributed by atoms with Gasteiger partial charge in [-0.2, -0.15) is 0 Å². The molecule has 2 N–H and O–H groups in total. The number of hydrogen-bond acceptors (Lipinski definition) is 2. The highest BCUT2D eigenvalue weighted by Gasteiger charge is 2.11. The van der Waals surface area contributed by atoms with Crippen LogP contribution in [0.1, 0.15) is 29.8 Å². The first kappa shape index (κ1) is 13.6. The van der Waals surface area contributed by atoms with Crippen LogP contribution in [0.25, 0.3) is 5.69 Å². The predicted octanol–water partition coefficient (Wildman–Crippen LogP) is 3.48. The molecule has 0 saturated heterocycles. The number of rotatable bonds is 4. The minimum Gasteiger partial charge on any atom is -0.323 e. The summed E-state index contributed by atoms with van der Waals surface area (Å²) in [7, 11) is 0. The SMILES string of the molecule is C[C@H](N)c1cncn1-c1ccccc1Cc1ccccc1. The minimum absolute atomic E-state index is 0.0442. The highest BCUT2D eigenvalue weighted by Crippen LogP contribution is 2.22. The molecular formula is C18H19N3. The molecule has 3 heteroatoms. The Hall–Kier alpha value is -2.39. The van der Waals surface area contributed by atoms with E-state index < -0.39 is 0 Å². The van der Waals surface area contributed by atoms with Crippen LogP contribution < -0.4 is 5.73 Å². The second-order valence-electron chi connectivity index (χ2n) is 5.27. The predicted molar refractivity (Wildman–Crippen MR) is 85.4 cm³/mol. The number of aromatic nitrogens is 2. The lowest BCUT2D eigenvalue weighted by Gasteiger charge is -2.15. The molecule has 106 valence electrons. The zero-order chi connectivity index (χ0) is 14.7. The maximum Gasteiger partial charge on any atom is 0.0994 e. The van der Waals surface area contributed by atoms with Gasteiger partial charge >= 0.3 is 0 Å². The summed E-state index contributed by atoms with van der Waals surface area (Å²) in [4.78, 5) is 4.25. The Morgan fingerprint density at radius 1 is 1.05 bits per heavy atom. The van der Waals surface area contributed by atoms with Gasteiger partial charge in [-0.15, -0.1) is 0 Å². The molecule has 1 atom stereocenters. The summed E-state index contributed by atoms with van der Waals surface area (Å²) < 4.78 is 2.09. The fourth-order valence-electron chi connectivity index (χ4n) is 2.55. The van der Waals surface area contributed by atoms with Crippen LogP contribution in [-0.4, -0.2) is 9.55 Å². The van der Waals surface area contributed by atoms with Gasteiger partial charge in [-0.25, -0.2) is 4.98 Å². The molecule has 1 heterocycles. The summed E-state index contributed by atoms with van der Waals surface area (Å²) in [6.07, 6.45) is 4.57. The van der Waals surface area contributed by atoms with E-state index in [1.54, 1.807) is 0 Å². The van der Waals surface area contributed by atoms with Gasteiger partial charge in [0.15, 0.2) is 0 Å². The fraction of sp³-hybridized carbons (Fsp3) is 0.167. The van der Waals surface area contributed by atoms with Crippen molar-refractivity contribution in [3.8, 4) is 5.69 Å². The summed E-state index contributed by atoms with van der Waals surface area (Å²) >= 11 is 0. The molecule has 3 aromatic rings. The summed E-state index contributed by atoms with van der Waals surface area (Å²) in [5.74, 6) is 0. The average Bonchev–Trinajstić information content (AvgIpc) is 2.98. The van der Waals surface area contributed by atoms with Gasteiger partial charge in [0.2, 0.25) is 0 Å². The standard InChI is InChI=1S/C18H19N3/c1-14(19)18-12-20-13-21(18)17-10-6-5-9-16(17)11-15-7-3-2-4-8-15/h2-10,12-14H,11,19H2,1H3/t14-/m0/s1. The fourth-order valence-corrected chi connectivity index (χ4v) is 2.55. The maximum atomic E-state index is 6.04. The third-order valence-electron chi connectivity index (χ3n) is 3.62. The summed E-state index contributed by atoms with van der Waals surface area (Å²) in [6.45, 7) is 1.98. The van der Waals surface area contributed by atoms with Gasteiger partial charge in [0, 0.05) is 6.04 Å². The van der Waals surface area contributed by atoms with E-state index in [0.29, 0.717) is 0 Å². The van der Waals surface area contributed by atoms with Gasteiger partial charge in [-0.3, -0.25) is 0 Å². The van der Waals surface area contributed by atoms with Gasteiger partial charge in [-0.05, 0) is 30.5 Å². The molecule has 0 aliphatic rings. The number of para-hydroxylation sites is 1. The van der Waals surface area contributed by atoms with Crippen LogP contribution in [0.2, 0.25) is 0 Å². The molecule has 0 aliphatic carbocycles. The first-order valence-electron chi connectivity index (χ1n) is 7.15. The Morgan fingerprint density at radius 2 is 1.76 bits per heavy atom. The van der Waals surface area contributed by atoms with E-state index in [-0.39, 0.29) is 6.04 Å². The van der Waals surface area contributed by atoms with Crippen molar-refractivity contribution in [1.82, 2.24) is 9.55 Å². The molecule has 3 nitrogen and oxygen atoms in total. The molecule has 1 aromatic heterocycles. The van der Waals surface area contributed by atoms with Gasteiger partial charge in [0.05, 0.1) is 23.9 Å². The van der Waals surface area contributed by atoms with Crippen molar-refractivity contribution in [2.24, 2.45) is 5.73 Å². The minimum atomic E-state index is -0.0442. The van der Waals surface area contributed by atoms with E-state index in [4.69, 9.17) is 5.73 Å². The highest BCUT2D eigenvalue weighted by atomic mass is 15.1. The lowest BCUT2D eigenvalue weighted by molar-refractivity contribution is 0.750. The van der Waals surface area contributed by atoms with Crippen molar-refractivity contribution in [1.29, 1.82) is 0 Å². The Labute approximate surface area is 125 Å². The molecule has 0 saturated carbocycles. The number of benzene rings is 2. The summed E-state index contributed by atoms with van der Waals surface area (Å²) in [5, 5.41) is 0. The number of nitrogens with two attached hydrogens (primary N) is 1. The smallest absolute Gasteiger partial charge is 0.0994 e. The van der Waals surface area contributed by atoms with Crippen molar-refractivity contribution in [3.63, 3.8) is 0 Å². The second kappa shape index (κ2) is 5.94. The largest absolute Gasteiger partial charge is 0.323 e. The van der Waals surface area contributed by atoms with Gasteiger partial charge in [0.1, 0.15) is 0 Å². The molecule has 0 radical (unpaired) electrons. The third-order valence-corrected chi connectivity index (χ3v) is 3.62. The molecular weight excluding hydrogens is 258 g/mol. The number of nitrogens with zero attached hydrogens (tertiary/aromatic N) is 2. The molecule has 21 heavy (non-hydrogen) atoms. The molecule has 0 aliphatic heterocycles. The van der Waals surface area contributed by atoms with Crippen LogP contribution in [0.3, 0.4) is 0 Å². The average molecular weight is 277 g/mol. The van der Waals surface area contributed by atoms with Crippen molar-refractivity contribution in [2.45, 2.75) is 19.4 Å². The normalized spacial score (nSPS) is 12.3.